The molecule has 0 aliphatic rings. The molecule has 0 fully saturated rings. The number of pyridine rings is 1. The Morgan fingerprint density at radius 1 is 1.00 bits per heavy atom. The maximum atomic E-state index is 5.02. The Kier molecular flexibility index (Phi) is 4.35. The molecule has 0 bridgehead atoms. The molecule has 3 nitrogen and oxygen atoms in total. The van der Waals surface area contributed by atoms with Gasteiger partial charge in [0.15, 0.2) is 0 Å². The van der Waals surface area contributed by atoms with Gasteiger partial charge in [0.1, 0.15) is 0 Å². The van der Waals surface area contributed by atoms with Gasteiger partial charge in [-0.3, -0.25) is 4.98 Å². The third-order valence-electron chi connectivity index (χ3n) is 3.49. The molecule has 22 heavy (non-hydrogen) atoms. The predicted octanol–water partition coefficient (Wildman–Crippen LogP) is 4.53. The molecule has 0 saturated carbocycles. The normalized spacial score (nSPS) is 11.0. The summed E-state index contributed by atoms with van der Waals surface area (Å²) in [6, 6.07) is 20.7. The smallest absolute Gasteiger partial charge is 0.0802 e. The summed E-state index contributed by atoms with van der Waals surface area (Å²) in [6.07, 6.45) is 5.53. The summed E-state index contributed by atoms with van der Waals surface area (Å²) in [5, 5.41) is 1.14. The second-order valence-corrected chi connectivity index (χ2v) is 4.93. The van der Waals surface area contributed by atoms with Crippen LogP contribution in [0, 0.1) is 0 Å². The Morgan fingerprint density at radius 2 is 1.86 bits per heavy atom. The standard InChI is InChI=1S/C19H18N2O/c1-22-14-6-13-21(17-8-3-2-4-9-17)18-10-11-19-16(15-18)7-5-12-20-19/h2-12,14-15H,13H2,1H3. The van der Waals surface area contributed by atoms with Crippen molar-refractivity contribution in [1.29, 1.82) is 0 Å². The van der Waals surface area contributed by atoms with E-state index in [1.807, 2.05) is 36.5 Å². The number of benzene rings is 2. The Bertz CT molecular complexity index is 769. The summed E-state index contributed by atoms with van der Waals surface area (Å²) < 4.78 is 5.02. The fraction of sp³-hybridized carbons (Fsp3) is 0.105. The van der Waals surface area contributed by atoms with Crippen LogP contribution in [0.15, 0.2) is 79.2 Å². The largest absolute Gasteiger partial charge is 0.505 e. The highest BCUT2D eigenvalue weighted by atomic mass is 16.5. The second kappa shape index (κ2) is 6.76. The molecule has 0 amide bonds. The van der Waals surface area contributed by atoms with Gasteiger partial charge in [0, 0.05) is 29.5 Å². The number of anilines is 2. The highest BCUT2D eigenvalue weighted by Gasteiger charge is 2.08. The van der Waals surface area contributed by atoms with Gasteiger partial charge in [-0.25, -0.2) is 0 Å². The molecule has 1 heterocycles. The summed E-state index contributed by atoms with van der Waals surface area (Å²) in [5.74, 6) is 0. The maximum Gasteiger partial charge on any atom is 0.0802 e. The van der Waals surface area contributed by atoms with E-state index in [1.54, 1.807) is 13.4 Å². The summed E-state index contributed by atoms with van der Waals surface area (Å²) in [7, 11) is 1.66. The maximum absolute atomic E-state index is 5.02. The van der Waals surface area contributed by atoms with Crippen LogP contribution in [-0.2, 0) is 4.74 Å². The minimum absolute atomic E-state index is 0.740. The molecule has 0 aliphatic carbocycles. The molecular formula is C19H18N2O. The minimum atomic E-state index is 0.740. The first kappa shape index (κ1) is 14.1. The number of hydrogen-bond acceptors (Lipinski definition) is 3. The molecule has 0 spiro atoms. The lowest BCUT2D eigenvalue weighted by Gasteiger charge is -2.24. The van der Waals surface area contributed by atoms with Crippen molar-refractivity contribution in [2.45, 2.75) is 0 Å². The van der Waals surface area contributed by atoms with E-state index >= 15 is 0 Å². The van der Waals surface area contributed by atoms with Crippen molar-refractivity contribution in [3.8, 4) is 0 Å². The molecular weight excluding hydrogens is 272 g/mol. The Morgan fingerprint density at radius 3 is 2.68 bits per heavy atom. The quantitative estimate of drug-likeness (QED) is 0.645. The van der Waals surface area contributed by atoms with Crippen molar-refractivity contribution in [3.63, 3.8) is 0 Å². The van der Waals surface area contributed by atoms with Crippen molar-refractivity contribution < 1.29 is 4.74 Å². The van der Waals surface area contributed by atoms with Crippen LogP contribution in [-0.4, -0.2) is 18.6 Å². The lowest BCUT2D eigenvalue weighted by Crippen LogP contribution is -2.16. The molecule has 1 aromatic heterocycles. The van der Waals surface area contributed by atoms with Crippen LogP contribution >= 0.6 is 0 Å². The number of aromatic nitrogens is 1. The van der Waals surface area contributed by atoms with E-state index in [2.05, 4.69) is 46.3 Å². The van der Waals surface area contributed by atoms with Crippen molar-refractivity contribution in [2.24, 2.45) is 0 Å². The summed E-state index contributed by atoms with van der Waals surface area (Å²) >= 11 is 0. The van der Waals surface area contributed by atoms with E-state index in [0.29, 0.717) is 0 Å². The van der Waals surface area contributed by atoms with Gasteiger partial charge in [-0.2, -0.15) is 0 Å². The van der Waals surface area contributed by atoms with E-state index in [-0.39, 0.29) is 0 Å². The average molecular weight is 290 g/mol. The van der Waals surface area contributed by atoms with Crippen LogP contribution in [0.25, 0.3) is 10.9 Å². The molecule has 2 aromatic carbocycles. The molecule has 0 aliphatic heterocycles. The van der Waals surface area contributed by atoms with Crippen LogP contribution < -0.4 is 4.90 Å². The molecule has 0 atom stereocenters. The summed E-state index contributed by atoms with van der Waals surface area (Å²) in [4.78, 5) is 6.62. The van der Waals surface area contributed by atoms with Crippen LogP contribution in [0.5, 0.6) is 0 Å². The zero-order chi connectivity index (χ0) is 15.2. The fourth-order valence-corrected chi connectivity index (χ4v) is 2.44. The van der Waals surface area contributed by atoms with Gasteiger partial charge in [-0.05, 0) is 42.5 Å². The first-order chi connectivity index (χ1) is 10.9. The number of nitrogens with zero attached hydrogens (tertiary/aromatic N) is 2. The van der Waals surface area contributed by atoms with Crippen molar-refractivity contribution in [2.75, 3.05) is 18.6 Å². The highest BCUT2D eigenvalue weighted by molar-refractivity contribution is 5.83. The van der Waals surface area contributed by atoms with E-state index in [1.165, 1.54) is 0 Å². The Balaban J connectivity index is 2.01. The lowest BCUT2D eigenvalue weighted by molar-refractivity contribution is 0.337. The number of fused-ring (bicyclic) bond motifs is 1. The summed E-state index contributed by atoms with van der Waals surface area (Å²) in [6.45, 7) is 0.740. The van der Waals surface area contributed by atoms with E-state index < -0.39 is 0 Å². The van der Waals surface area contributed by atoms with E-state index in [4.69, 9.17) is 4.74 Å². The first-order valence-corrected chi connectivity index (χ1v) is 7.23. The minimum Gasteiger partial charge on any atom is -0.505 e. The van der Waals surface area contributed by atoms with Gasteiger partial charge >= 0.3 is 0 Å². The molecule has 0 saturated heterocycles. The van der Waals surface area contributed by atoms with Gasteiger partial charge in [0.25, 0.3) is 0 Å². The average Bonchev–Trinajstić information content (AvgIpc) is 2.59. The molecule has 3 heteroatoms. The predicted molar refractivity (Wildman–Crippen MR) is 91.3 cm³/mol. The zero-order valence-electron chi connectivity index (χ0n) is 12.5. The molecule has 0 unspecified atom stereocenters. The van der Waals surface area contributed by atoms with Gasteiger partial charge in [0.05, 0.1) is 18.9 Å². The topological polar surface area (TPSA) is 25.4 Å². The number of ether oxygens (including phenoxy) is 1. The Labute approximate surface area is 130 Å². The SMILES string of the molecule is COC=CCN(c1ccccc1)c1ccc2ncccc2c1. The molecule has 0 N–H and O–H groups in total. The first-order valence-electron chi connectivity index (χ1n) is 7.23. The van der Waals surface area contributed by atoms with Crippen LogP contribution in [0.4, 0.5) is 11.4 Å². The molecule has 0 radical (unpaired) electrons. The Hall–Kier alpha value is -2.81. The third-order valence-corrected chi connectivity index (χ3v) is 3.49. The second-order valence-electron chi connectivity index (χ2n) is 4.93. The monoisotopic (exact) mass is 290 g/mol. The highest BCUT2D eigenvalue weighted by Crippen LogP contribution is 2.27. The van der Waals surface area contributed by atoms with Crippen LogP contribution in [0.1, 0.15) is 0 Å². The van der Waals surface area contributed by atoms with Gasteiger partial charge in [-0.1, -0.05) is 24.3 Å². The summed E-state index contributed by atoms with van der Waals surface area (Å²) in [5.41, 5.74) is 3.28. The van der Waals surface area contributed by atoms with Crippen LogP contribution in [0.3, 0.4) is 0 Å². The fourth-order valence-electron chi connectivity index (χ4n) is 2.44. The number of hydrogen-bond donors (Lipinski definition) is 0. The van der Waals surface area contributed by atoms with Gasteiger partial charge in [-0.15, -0.1) is 0 Å². The van der Waals surface area contributed by atoms with Gasteiger partial charge in [0.2, 0.25) is 0 Å². The number of methoxy groups -OCH3 is 1. The van der Waals surface area contributed by atoms with Crippen molar-refractivity contribution >= 4 is 22.3 Å². The van der Waals surface area contributed by atoms with E-state index in [0.717, 1.165) is 28.8 Å². The molecule has 110 valence electrons. The number of rotatable bonds is 5. The molecule has 3 rings (SSSR count). The van der Waals surface area contributed by atoms with E-state index in [9.17, 15) is 0 Å². The van der Waals surface area contributed by atoms with Crippen molar-refractivity contribution in [3.05, 3.63) is 79.2 Å². The molecule has 3 aromatic rings. The third kappa shape index (κ3) is 3.09. The van der Waals surface area contributed by atoms with Crippen molar-refractivity contribution in [1.82, 2.24) is 4.98 Å². The number of para-hydroxylation sites is 1. The van der Waals surface area contributed by atoms with Gasteiger partial charge < -0.3 is 9.64 Å². The lowest BCUT2D eigenvalue weighted by atomic mass is 10.1. The van der Waals surface area contributed by atoms with Crippen LogP contribution in [0.2, 0.25) is 0 Å². The zero-order valence-corrected chi connectivity index (χ0v) is 12.5.